The van der Waals surface area contributed by atoms with Crippen molar-refractivity contribution in [1.29, 1.82) is 0 Å². The van der Waals surface area contributed by atoms with Crippen LogP contribution in [0.25, 0.3) is 21.7 Å². The molecule has 69 heavy (non-hydrogen) atoms. The molecule has 4 aromatic carbocycles. The van der Waals surface area contributed by atoms with Crippen LogP contribution in [0.15, 0.2) is 91.0 Å². The Morgan fingerprint density at radius 2 is 1.55 bits per heavy atom. The lowest BCUT2D eigenvalue weighted by molar-refractivity contribution is -0.137. The van der Waals surface area contributed by atoms with Gasteiger partial charge in [0, 0.05) is 109 Å². The van der Waals surface area contributed by atoms with Crippen molar-refractivity contribution in [3.05, 3.63) is 108 Å². The molecule has 0 spiro atoms. The molecule has 0 saturated carbocycles. The number of H-pyrrole nitrogens is 1. The van der Waals surface area contributed by atoms with E-state index in [1.165, 1.54) is 17.1 Å². The molecule has 1 saturated heterocycles. The Bertz CT molecular complexity index is 2780. The van der Waals surface area contributed by atoms with Crippen LogP contribution in [-0.2, 0) is 19.2 Å². The molecule has 6 N–H and O–H groups in total. The maximum absolute atomic E-state index is 14.4. The molecular formula is C51H56ClN9O8. The Morgan fingerprint density at radius 3 is 2.28 bits per heavy atom. The molecule has 1 fully saturated rings. The fraction of sp³-hybridized carbons (Fsp3) is 0.353. The van der Waals surface area contributed by atoms with Crippen molar-refractivity contribution < 1.29 is 38.3 Å². The maximum atomic E-state index is 14.4. The minimum atomic E-state index is -0.803. The molecule has 0 unspecified atom stereocenters. The molecule has 1 aromatic heterocycles. The highest BCUT2D eigenvalue weighted by Crippen LogP contribution is 2.46. The van der Waals surface area contributed by atoms with Crippen LogP contribution in [0.3, 0.4) is 0 Å². The highest BCUT2D eigenvalue weighted by molar-refractivity contribution is 6.19. The van der Waals surface area contributed by atoms with E-state index in [1.807, 2.05) is 31.3 Å². The Hall–Kier alpha value is -7.08. The molecule has 8 rings (SSSR count). The smallest absolute Gasteiger partial charge is 0.409 e. The van der Waals surface area contributed by atoms with E-state index in [0.717, 1.165) is 29.4 Å². The number of anilines is 3. The van der Waals surface area contributed by atoms with Gasteiger partial charge in [-0.05, 0) is 105 Å². The summed E-state index contributed by atoms with van der Waals surface area (Å²) >= 11 is 6.55. The number of nitrogens with one attached hydrogen (secondary N) is 4. The zero-order valence-electron chi connectivity index (χ0n) is 38.4. The highest BCUT2D eigenvalue weighted by Gasteiger charge is 2.36. The van der Waals surface area contributed by atoms with Crippen LogP contribution >= 0.6 is 11.6 Å². The van der Waals surface area contributed by atoms with E-state index >= 15 is 0 Å². The van der Waals surface area contributed by atoms with Gasteiger partial charge in [0.15, 0.2) is 0 Å². The molecule has 5 aromatic rings. The van der Waals surface area contributed by atoms with Gasteiger partial charge < -0.3 is 46.1 Å². The van der Waals surface area contributed by atoms with Crippen molar-refractivity contribution in [2.24, 2.45) is 5.73 Å². The van der Waals surface area contributed by atoms with Crippen molar-refractivity contribution >= 4 is 91.9 Å². The van der Waals surface area contributed by atoms with Gasteiger partial charge in [0.1, 0.15) is 17.5 Å². The molecular weight excluding hydrogens is 902 g/mol. The largest absolute Gasteiger partial charge is 0.415 e. The summed E-state index contributed by atoms with van der Waals surface area (Å²) < 4.78 is 6.05. The number of amides is 7. The molecule has 2 atom stereocenters. The molecule has 0 radical (unpaired) electrons. The second-order valence-electron chi connectivity index (χ2n) is 17.7. The van der Waals surface area contributed by atoms with Crippen LogP contribution in [0.1, 0.15) is 77.3 Å². The molecule has 7 amide bonds. The summed E-state index contributed by atoms with van der Waals surface area (Å²) in [5, 5.41) is 10.9. The summed E-state index contributed by atoms with van der Waals surface area (Å²) in [7, 11) is 2.02. The number of carbonyl (C=O) groups is 7. The van der Waals surface area contributed by atoms with Gasteiger partial charge in [-0.15, -0.1) is 11.6 Å². The number of unbranched alkanes of at least 4 members (excludes halogenated alkanes) is 3. The molecule has 3 aliphatic heterocycles. The van der Waals surface area contributed by atoms with Gasteiger partial charge in [-0.3, -0.25) is 33.7 Å². The minimum absolute atomic E-state index is 0.160. The van der Waals surface area contributed by atoms with Gasteiger partial charge in [0.2, 0.25) is 11.8 Å². The number of likely N-dealkylation sites (N-methyl/N-ethyl adjacent to an activating group) is 1. The Kier molecular flexibility index (Phi) is 15.4. The topological polar surface area (TPSA) is 220 Å². The van der Waals surface area contributed by atoms with E-state index in [-0.39, 0.29) is 48.4 Å². The molecule has 18 heteroatoms. The average Bonchev–Trinajstić information content (AvgIpc) is 4.05. The predicted molar refractivity (Wildman–Crippen MR) is 265 cm³/mol. The van der Waals surface area contributed by atoms with Crippen LogP contribution in [0, 0.1) is 0 Å². The zero-order chi connectivity index (χ0) is 48.6. The number of fused-ring (bicyclic) bond motifs is 4. The predicted octanol–water partition coefficient (Wildman–Crippen LogP) is 6.34. The van der Waals surface area contributed by atoms with E-state index in [2.05, 4.69) is 25.8 Å². The number of halogens is 1. The quantitative estimate of drug-likeness (QED) is 0.0373. The van der Waals surface area contributed by atoms with E-state index in [0.29, 0.717) is 110 Å². The van der Waals surface area contributed by atoms with E-state index in [9.17, 15) is 33.6 Å². The first kappa shape index (κ1) is 48.4. The number of piperazine rings is 1. The first-order valence-electron chi connectivity index (χ1n) is 23.4. The second-order valence-corrected chi connectivity index (χ2v) is 18.0. The summed E-state index contributed by atoms with van der Waals surface area (Å²) in [6.07, 6.45) is 5.65. The molecule has 0 aliphatic carbocycles. The third-order valence-corrected chi connectivity index (χ3v) is 13.2. The Labute approximate surface area is 404 Å². The number of hydrogen-bond donors (Lipinski definition) is 5. The zero-order valence-corrected chi connectivity index (χ0v) is 39.2. The van der Waals surface area contributed by atoms with Gasteiger partial charge in [-0.2, -0.15) is 0 Å². The minimum Gasteiger partial charge on any atom is -0.409 e. The van der Waals surface area contributed by atoms with Crippen LogP contribution in [-0.4, -0.2) is 126 Å². The average molecular weight is 959 g/mol. The van der Waals surface area contributed by atoms with Gasteiger partial charge in [0.05, 0.1) is 5.69 Å². The van der Waals surface area contributed by atoms with Crippen LogP contribution in [0.2, 0.25) is 0 Å². The number of hydrogen-bond acceptors (Lipinski definition) is 10. The maximum Gasteiger partial charge on any atom is 0.415 e. The lowest BCUT2D eigenvalue weighted by Crippen LogP contribution is -2.48. The lowest BCUT2D eigenvalue weighted by atomic mass is 9.95. The van der Waals surface area contributed by atoms with E-state index in [1.54, 1.807) is 64.4 Å². The third kappa shape index (κ3) is 11.3. The number of ether oxygens (including phenoxy) is 1. The Balaban J connectivity index is 0.885. The number of aromatic amines is 1. The molecule has 4 heterocycles. The number of aromatic nitrogens is 1. The second kappa shape index (κ2) is 21.9. The number of imide groups is 1. The number of nitrogens with two attached hydrogens (primary N) is 1. The van der Waals surface area contributed by atoms with E-state index in [4.69, 9.17) is 22.1 Å². The third-order valence-electron chi connectivity index (χ3n) is 12.8. The first-order valence-corrected chi connectivity index (χ1v) is 23.9. The van der Waals surface area contributed by atoms with Crippen molar-refractivity contribution in [2.45, 2.75) is 56.9 Å². The number of carbonyl (C=O) groups excluding carboxylic acids is 7. The number of rotatable bonds is 18. The molecule has 17 nitrogen and oxygen atoms in total. The van der Waals surface area contributed by atoms with Crippen molar-refractivity contribution in [3.8, 4) is 5.75 Å². The number of nitrogens with zero attached hydrogens (tertiary/aromatic N) is 4. The van der Waals surface area contributed by atoms with Gasteiger partial charge in [-0.25, -0.2) is 4.79 Å². The normalized spacial score (nSPS) is 16.3. The fourth-order valence-electron chi connectivity index (χ4n) is 8.98. The highest BCUT2D eigenvalue weighted by atomic mass is 35.5. The fourth-order valence-corrected chi connectivity index (χ4v) is 9.24. The summed E-state index contributed by atoms with van der Waals surface area (Å²) in [6, 6.07) is 22.1. The monoisotopic (exact) mass is 957 g/mol. The summed E-state index contributed by atoms with van der Waals surface area (Å²) in [4.78, 5) is 101. The molecule has 3 aliphatic rings. The van der Waals surface area contributed by atoms with Crippen LogP contribution < -0.4 is 31.3 Å². The van der Waals surface area contributed by atoms with E-state index < -0.39 is 23.9 Å². The number of alkyl halides is 1. The molecule has 0 bridgehead atoms. The first-order chi connectivity index (χ1) is 33.4. The lowest BCUT2D eigenvalue weighted by Gasteiger charge is -2.31. The summed E-state index contributed by atoms with van der Waals surface area (Å²) in [6.45, 7) is 3.68. The van der Waals surface area contributed by atoms with Crippen LogP contribution in [0.4, 0.5) is 21.9 Å². The summed E-state index contributed by atoms with van der Waals surface area (Å²) in [5.41, 5.74) is 9.52. The summed E-state index contributed by atoms with van der Waals surface area (Å²) in [5.74, 6) is -1.54. The van der Waals surface area contributed by atoms with Crippen molar-refractivity contribution in [1.82, 2.24) is 25.0 Å². The SMILES string of the molecule is CN1CCN(C(=O)Oc2cc3c(c4ccccc24)[C@H](CCl)CN3C(=O)c2cc3cc(NC(=O)c4ccc(NC(=O)[C@H](CCCCN)NC(=O)CCCCCN5C(=O)C=CC5=O)cc4)ccc3[nH]2)CC1. The van der Waals surface area contributed by atoms with Gasteiger partial charge >= 0.3 is 6.09 Å². The van der Waals surface area contributed by atoms with Gasteiger partial charge in [-0.1, -0.05) is 30.7 Å². The molecule has 360 valence electrons. The van der Waals surface area contributed by atoms with Crippen LogP contribution in [0.5, 0.6) is 5.75 Å². The Morgan fingerprint density at radius 1 is 0.826 bits per heavy atom. The van der Waals surface area contributed by atoms with Gasteiger partial charge in [0.25, 0.3) is 23.6 Å². The van der Waals surface area contributed by atoms with Crippen molar-refractivity contribution in [3.63, 3.8) is 0 Å². The van der Waals surface area contributed by atoms with Crippen molar-refractivity contribution in [2.75, 3.05) is 74.3 Å². The number of benzene rings is 4. The standard InChI is InChI=1S/C51H56ClN9O8/c1-58-23-25-59(26-24-58)51(68)69-43-29-42-47(38-10-5-4-9-37(38)43)34(30-52)31-61(42)50(67)41-28-33-27-36(17-18-39(33)56-41)55-48(65)32-13-15-35(16-14-32)54-49(66)40(11-6-7-21-53)57-44(62)12-3-2-8-22-60-45(63)19-20-46(60)64/h4-5,9-10,13-20,27-29,34,40,56H,2-3,6-8,11-12,21-26,30-31,53H2,1H3,(H,54,66)(H,55,65)(H,57,62)/t34-,40+/m1/s1.